The quantitative estimate of drug-likeness (QED) is 0.734. The highest BCUT2D eigenvalue weighted by atomic mass is 14.7. The van der Waals surface area contributed by atoms with Gasteiger partial charge in [-0.05, 0) is 87.4 Å². The molecule has 5 aliphatic rings. The molecule has 0 aromatic carbocycles. The van der Waals surface area contributed by atoms with E-state index in [0.29, 0.717) is 6.04 Å². The summed E-state index contributed by atoms with van der Waals surface area (Å²) < 4.78 is 0. The van der Waals surface area contributed by atoms with Crippen LogP contribution in [0.15, 0.2) is 11.6 Å². The van der Waals surface area contributed by atoms with Crippen molar-refractivity contribution >= 4 is 0 Å². The van der Waals surface area contributed by atoms with Gasteiger partial charge < -0.3 is 5.73 Å². The van der Waals surface area contributed by atoms with Gasteiger partial charge in [-0.25, -0.2) is 0 Å². The lowest BCUT2D eigenvalue weighted by Crippen LogP contribution is -2.52. The van der Waals surface area contributed by atoms with Crippen LogP contribution in [0.1, 0.15) is 57.8 Å². The molecule has 4 fully saturated rings. The first-order chi connectivity index (χ1) is 8.81. The molecule has 0 heterocycles. The number of nitrogens with two attached hydrogens (primary N) is 1. The zero-order chi connectivity index (χ0) is 12.1. The lowest BCUT2D eigenvalue weighted by Gasteiger charge is -2.56. The lowest BCUT2D eigenvalue weighted by molar-refractivity contribution is -0.0426. The Bertz CT molecular complexity index is 329. The van der Waals surface area contributed by atoms with Gasteiger partial charge in [-0.3, -0.25) is 0 Å². The average molecular weight is 245 g/mol. The molecular weight excluding hydrogens is 218 g/mol. The molecule has 0 radical (unpaired) electrons. The molecular formula is C17H27N. The first kappa shape index (κ1) is 11.5. The van der Waals surface area contributed by atoms with Gasteiger partial charge in [-0.2, -0.15) is 0 Å². The van der Waals surface area contributed by atoms with Gasteiger partial charge in [0.15, 0.2) is 0 Å². The van der Waals surface area contributed by atoms with Gasteiger partial charge in [0.2, 0.25) is 0 Å². The summed E-state index contributed by atoms with van der Waals surface area (Å²) in [6.07, 6.45) is 15.4. The average Bonchev–Trinajstić information content (AvgIpc) is 2.38. The molecule has 5 rings (SSSR count). The molecule has 1 atom stereocenters. The Morgan fingerprint density at radius 2 is 1.61 bits per heavy atom. The second-order valence-electron chi connectivity index (χ2n) is 7.56. The van der Waals surface area contributed by atoms with Gasteiger partial charge in [-0.1, -0.05) is 11.6 Å². The zero-order valence-corrected chi connectivity index (χ0v) is 11.5. The van der Waals surface area contributed by atoms with Gasteiger partial charge in [0, 0.05) is 6.04 Å². The first-order valence-corrected chi connectivity index (χ1v) is 8.25. The molecule has 1 nitrogen and oxygen atoms in total. The van der Waals surface area contributed by atoms with Crippen LogP contribution in [0.4, 0.5) is 0 Å². The minimum atomic E-state index is 0.417. The molecule has 2 N–H and O–H groups in total. The van der Waals surface area contributed by atoms with Crippen LogP contribution in [0, 0.1) is 29.6 Å². The summed E-state index contributed by atoms with van der Waals surface area (Å²) >= 11 is 0. The molecule has 0 aliphatic heterocycles. The van der Waals surface area contributed by atoms with E-state index in [2.05, 4.69) is 6.08 Å². The lowest BCUT2D eigenvalue weighted by atomic mass is 9.50. The molecule has 100 valence electrons. The SMILES string of the molecule is NC(C1=CCCCC1)C1C2CC3CC(C2)CC1C3. The number of allylic oxidation sites excluding steroid dienone is 1. The third kappa shape index (κ3) is 1.78. The van der Waals surface area contributed by atoms with E-state index in [1.807, 2.05) is 0 Å². The standard InChI is InChI=1S/C17H27N/c18-17(13-4-2-1-3-5-13)16-14-7-11-6-12(9-14)10-15(16)8-11/h4,11-12,14-17H,1-3,5-10,18H2. The van der Waals surface area contributed by atoms with Crippen LogP contribution in [0.2, 0.25) is 0 Å². The molecule has 0 aromatic rings. The summed E-state index contributed by atoms with van der Waals surface area (Å²) in [6.45, 7) is 0. The summed E-state index contributed by atoms with van der Waals surface area (Å²) in [5, 5.41) is 0. The third-order valence-corrected chi connectivity index (χ3v) is 6.47. The van der Waals surface area contributed by atoms with E-state index in [-0.39, 0.29) is 0 Å². The maximum absolute atomic E-state index is 6.71. The van der Waals surface area contributed by atoms with E-state index < -0.39 is 0 Å². The normalized spacial score (nSPS) is 48.1. The smallest absolute Gasteiger partial charge is 0.0287 e. The Balaban J connectivity index is 1.55. The van der Waals surface area contributed by atoms with Crippen LogP contribution in [-0.4, -0.2) is 6.04 Å². The molecule has 0 aromatic heterocycles. The van der Waals surface area contributed by atoms with Crippen LogP contribution in [0.5, 0.6) is 0 Å². The van der Waals surface area contributed by atoms with Gasteiger partial charge >= 0.3 is 0 Å². The fourth-order valence-corrected chi connectivity index (χ4v) is 5.97. The van der Waals surface area contributed by atoms with Crippen LogP contribution in [0.25, 0.3) is 0 Å². The van der Waals surface area contributed by atoms with E-state index in [4.69, 9.17) is 5.73 Å². The fraction of sp³-hybridized carbons (Fsp3) is 0.882. The van der Waals surface area contributed by atoms with Crippen molar-refractivity contribution in [2.45, 2.75) is 63.8 Å². The Labute approximate surface area is 111 Å². The van der Waals surface area contributed by atoms with Crippen molar-refractivity contribution in [1.82, 2.24) is 0 Å². The molecule has 1 heteroatoms. The topological polar surface area (TPSA) is 26.0 Å². The maximum atomic E-state index is 6.71. The predicted molar refractivity (Wildman–Crippen MR) is 75.1 cm³/mol. The van der Waals surface area contributed by atoms with Gasteiger partial charge in [-0.15, -0.1) is 0 Å². The highest BCUT2D eigenvalue weighted by Gasteiger charge is 2.50. The zero-order valence-electron chi connectivity index (χ0n) is 11.5. The summed E-state index contributed by atoms with van der Waals surface area (Å²) in [6, 6.07) is 0.417. The Morgan fingerprint density at radius 3 is 2.17 bits per heavy atom. The highest BCUT2D eigenvalue weighted by molar-refractivity contribution is 5.17. The monoisotopic (exact) mass is 245 g/mol. The molecule has 0 saturated heterocycles. The molecule has 0 spiro atoms. The summed E-state index contributed by atoms with van der Waals surface area (Å²) in [5.41, 5.74) is 8.33. The Morgan fingerprint density at radius 1 is 0.944 bits per heavy atom. The van der Waals surface area contributed by atoms with Gasteiger partial charge in [0.1, 0.15) is 0 Å². The maximum Gasteiger partial charge on any atom is 0.0287 e. The Kier molecular flexibility index (Phi) is 2.80. The van der Waals surface area contributed by atoms with Crippen molar-refractivity contribution < 1.29 is 0 Å². The van der Waals surface area contributed by atoms with E-state index >= 15 is 0 Å². The molecule has 4 saturated carbocycles. The van der Waals surface area contributed by atoms with Gasteiger partial charge in [0.05, 0.1) is 0 Å². The number of rotatable bonds is 2. The van der Waals surface area contributed by atoms with Crippen molar-refractivity contribution in [1.29, 1.82) is 0 Å². The summed E-state index contributed by atoms with van der Waals surface area (Å²) in [5.74, 6) is 4.98. The van der Waals surface area contributed by atoms with Crippen LogP contribution < -0.4 is 5.73 Å². The molecule has 4 bridgehead atoms. The molecule has 18 heavy (non-hydrogen) atoms. The van der Waals surface area contributed by atoms with Crippen LogP contribution >= 0.6 is 0 Å². The Hall–Kier alpha value is -0.300. The van der Waals surface area contributed by atoms with Crippen LogP contribution in [-0.2, 0) is 0 Å². The van der Waals surface area contributed by atoms with Gasteiger partial charge in [0.25, 0.3) is 0 Å². The molecule has 0 amide bonds. The van der Waals surface area contributed by atoms with Crippen molar-refractivity contribution in [3.05, 3.63) is 11.6 Å². The molecule has 1 unspecified atom stereocenters. The van der Waals surface area contributed by atoms with E-state index in [1.165, 1.54) is 51.4 Å². The fourth-order valence-electron chi connectivity index (χ4n) is 5.97. The second kappa shape index (κ2) is 4.37. The predicted octanol–water partition coefficient (Wildman–Crippen LogP) is 3.89. The second-order valence-corrected chi connectivity index (χ2v) is 7.56. The van der Waals surface area contributed by atoms with Crippen molar-refractivity contribution in [3.63, 3.8) is 0 Å². The van der Waals surface area contributed by atoms with Crippen LogP contribution in [0.3, 0.4) is 0 Å². The largest absolute Gasteiger partial charge is 0.324 e. The van der Waals surface area contributed by atoms with Crippen molar-refractivity contribution in [3.8, 4) is 0 Å². The summed E-state index contributed by atoms with van der Waals surface area (Å²) in [7, 11) is 0. The summed E-state index contributed by atoms with van der Waals surface area (Å²) in [4.78, 5) is 0. The minimum Gasteiger partial charge on any atom is -0.324 e. The first-order valence-electron chi connectivity index (χ1n) is 8.25. The van der Waals surface area contributed by atoms with E-state index in [0.717, 1.165) is 29.6 Å². The third-order valence-electron chi connectivity index (χ3n) is 6.47. The van der Waals surface area contributed by atoms with E-state index in [1.54, 1.807) is 12.0 Å². The van der Waals surface area contributed by atoms with Crippen molar-refractivity contribution in [2.75, 3.05) is 0 Å². The number of hydrogen-bond donors (Lipinski definition) is 1. The van der Waals surface area contributed by atoms with Crippen molar-refractivity contribution in [2.24, 2.45) is 35.3 Å². The van der Waals surface area contributed by atoms with E-state index in [9.17, 15) is 0 Å². The highest BCUT2D eigenvalue weighted by Crippen LogP contribution is 2.57. The number of hydrogen-bond acceptors (Lipinski definition) is 1. The minimum absolute atomic E-state index is 0.417. The molecule has 5 aliphatic carbocycles.